The third kappa shape index (κ3) is 326. The molecule has 0 rings (SSSR count). The molecule has 8 heteroatoms. The van der Waals surface area contributed by atoms with Crippen molar-refractivity contribution < 1.29 is 56.0 Å². The predicted molar refractivity (Wildman–Crippen MR) is 16.0 cm³/mol. The van der Waals surface area contributed by atoms with E-state index in [2.05, 4.69) is 0 Å². The first kappa shape index (κ1) is 23.2. The molecule has 6 nitrogen and oxygen atoms in total. The van der Waals surface area contributed by atoms with Crippen LogP contribution in [0.2, 0.25) is 0 Å². The van der Waals surface area contributed by atoms with Crippen LogP contribution in [0.5, 0.6) is 0 Å². The molecule has 0 aliphatic carbocycles. The molecular formula is H4HfO6Si. The van der Waals surface area contributed by atoms with Gasteiger partial charge >= 0.3 is 34.9 Å². The first-order valence-electron chi connectivity index (χ1n) is 0.894. The number of hydrogen-bond donors (Lipinski definition) is 4. The molecule has 0 heterocycles. The quantitative estimate of drug-likeness (QED) is 0.358. The Balaban J connectivity index is -0.0000000267. The van der Waals surface area contributed by atoms with E-state index in [1.807, 2.05) is 0 Å². The third-order valence-electron chi connectivity index (χ3n) is 0. The Labute approximate surface area is 65.3 Å². The SMILES string of the molecule is O[Si](O)(O)O.[Hf+4].[O-2].[O-2]. The van der Waals surface area contributed by atoms with Gasteiger partial charge in [-0.1, -0.05) is 0 Å². The monoisotopic (exact) mass is 308 g/mol. The Morgan fingerprint density at radius 1 is 0.750 bits per heavy atom. The Morgan fingerprint density at radius 3 is 0.750 bits per heavy atom. The maximum absolute atomic E-state index is 7.33. The zero-order chi connectivity index (χ0) is 4.50. The second-order valence-corrected chi connectivity index (χ2v) is 1.80. The van der Waals surface area contributed by atoms with Gasteiger partial charge in [-0.25, -0.2) is 0 Å². The molecule has 0 aliphatic rings. The molecular weight excluding hydrogens is 303 g/mol. The van der Waals surface area contributed by atoms with Gasteiger partial charge in [0.2, 0.25) is 0 Å². The molecule has 0 unspecified atom stereocenters. The second kappa shape index (κ2) is 7.85. The fourth-order valence-electron chi connectivity index (χ4n) is 0. The molecule has 0 fully saturated rings. The number of rotatable bonds is 0. The van der Waals surface area contributed by atoms with Crippen molar-refractivity contribution in [1.29, 1.82) is 0 Å². The van der Waals surface area contributed by atoms with Crippen LogP contribution in [0.15, 0.2) is 0 Å². The van der Waals surface area contributed by atoms with Crippen LogP contribution in [0.25, 0.3) is 0 Å². The maximum Gasteiger partial charge on any atom is 4.00 e. The summed E-state index contributed by atoms with van der Waals surface area (Å²) in [5, 5.41) is 0. The summed E-state index contributed by atoms with van der Waals surface area (Å²) in [6.07, 6.45) is 0. The zero-order valence-corrected chi connectivity index (χ0v) is 8.20. The van der Waals surface area contributed by atoms with Crippen LogP contribution >= 0.6 is 0 Å². The van der Waals surface area contributed by atoms with E-state index in [-0.39, 0.29) is 36.8 Å². The van der Waals surface area contributed by atoms with E-state index in [1.54, 1.807) is 0 Å². The molecule has 0 aromatic carbocycles. The van der Waals surface area contributed by atoms with Crippen molar-refractivity contribution in [2.45, 2.75) is 0 Å². The zero-order valence-electron chi connectivity index (χ0n) is 3.61. The fourth-order valence-corrected chi connectivity index (χ4v) is 0. The third-order valence-corrected chi connectivity index (χ3v) is 0. The molecule has 0 aromatic heterocycles. The van der Waals surface area contributed by atoms with Crippen LogP contribution in [0, 0.1) is 0 Å². The standard InChI is InChI=1S/Hf.H4O4Si.2O/c;1-5(2,3)4;;/h;1-4H;;/q+4;;2*-2. The van der Waals surface area contributed by atoms with Gasteiger partial charge < -0.3 is 30.1 Å². The molecule has 0 atom stereocenters. The Bertz CT molecular complexity index is 24.0. The van der Waals surface area contributed by atoms with Gasteiger partial charge in [0.25, 0.3) is 0 Å². The van der Waals surface area contributed by atoms with Crippen molar-refractivity contribution in [1.82, 2.24) is 0 Å². The number of hydrogen-bond acceptors (Lipinski definition) is 4. The van der Waals surface area contributed by atoms with E-state index in [4.69, 9.17) is 19.2 Å². The van der Waals surface area contributed by atoms with Gasteiger partial charge in [0.1, 0.15) is 0 Å². The Hall–Kier alpha value is 0.847. The summed E-state index contributed by atoms with van der Waals surface area (Å²) < 4.78 is 0. The van der Waals surface area contributed by atoms with Crippen molar-refractivity contribution in [3.63, 3.8) is 0 Å². The van der Waals surface area contributed by atoms with Crippen LogP contribution in [0.1, 0.15) is 0 Å². The van der Waals surface area contributed by atoms with Gasteiger partial charge in [-0.3, -0.25) is 0 Å². The first-order chi connectivity index (χ1) is 2.00. The van der Waals surface area contributed by atoms with Crippen LogP contribution in [-0.2, 0) is 36.8 Å². The van der Waals surface area contributed by atoms with Crippen molar-refractivity contribution in [2.24, 2.45) is 0 Å². The van der Waals surface area contributed by atoms with Gasteiger partial charge in [-0.15, -0.1) is 0 Å². The summed E-state index contributed by atoms with van der Waals surface area (Å²) in [6.45, 7) is 0. The minimum atomic E-state index is -4.61. The van der Waals surface area contributed by atoms with Gasteiger partial charge in [0, 0.05) is 0 Å². The largest absolute Gasteiger partial charge is 4.00 e. The van der Waals surface area contributed by atoms with Gasteiger partial charge in [-0.05, 0) is 0 Å². The van der Waals surface area contributed by atoms with Crippen molar-refractivity contribution in [3.05, 3.63) is 0 Å². The van der Waals surface area contributed by atoms with E-state index in [1.165, 1.54) is 0 Å². The summed E-state index contributed by atoms with van der Waals surface area (Å²) in [5.74, 6) is 0. The van der Waals surface area contributed by atoms with E-state index in [0.29, 0.717) is 0 Å². The molecule has 48 valence electrons. The average molecular weight is 307 g/mol. The molecule has 0 aliphatic heterocycles. The van der Waals surface area contributed by atoms with Crippen molar-refractivity contribution in [3.8, 4) is 0 Å². The summed E-state index contributed by atoms with van der Waals surface area (Å²) >= 11 is 0. The summed E-state index contributed by atoms with van der Waals surface area (Å²) in [4.78, 5) is 29.3. The fraction of sp³-hybridized carbons (Fsp3) is 0. The Morgan fingerprint density at radius 2 is 0.750 bits per heavy atom. The van der Waals surface area contributed by atoms with E-state index < -0.39 is 9.05 Å². The molecule has 0 amide bonds. The summed E-state index contributed by atoms with van der Waals surface area (Å²) in [7, 11) is -4.61. The summed E-state index contributed by atoms with van der Waals surface area (Å²) in [5.41, 5.74) is 0. The van der Waals surface area contributed by atoms with Gasteiger partial charge in [0.15, 0.2) is 0 Å². The molecule has 0 radical (unpaired) electrons. The van der Waals surface area contributed by atoms with Crippen LogP contribution in [0.4, 0.5) is 0 Å². The van der Waals surface area contributed by atoms with Crippen molar-refractivity contribution >= 4 is 9.05 Å². The molecule has 4 N–H and O–H groups in total. The Kier molecular flexibility index (Phi) is 22.7. The van der Waals surface area contributed by atoms with Crippen molar-refractivity contribution in [2.75, 3.05) is 0 Å². The van der Waals surface area contributed by atoms with E-state index in [0.717, 1.165) is 0 Å². The topological polar surface area (TPSA) is 138 Å². The minimum Gasteiger partial charge on any atom is -2.00 e. The van der Waals surface area contributed by atoms with E-state index in [9.17, 15) is 0 Å². The maximum atomic E-state index is 7.33. The second-order valence-electron chi connectivity index (χ2n) is 0.600. The summed E-state index contributed by atoms with van der Waals surface area (Å²) in [6, 6.07) is 0. The smallest absolute Gasteiger partial charge is 2.00 e. The van der Waals surface area contributed by atoms with E-state index >= 15 is 0 Å². The van der Waals surface area contributed by atoms with Gasteiger partial charge in [-0.2, -0.15) is 0 Å². The molecule has 0 bridgehead atoms. The van der Waals surface area contributed by atoms with Crippen LogP contribution in [0.3, 0.4) is 0 Å². The van der Waals surface area contributed by atoms with Crippen LogP contribution < -0.4 is 0 Å². The minimum absolute atomic E-state index is 0. The molecule has 0 saturated heterocycles. The molecule has 8 heavy (non-hydrogen) atoms. The predicted octanol–water partition coefficient (Wildman–Crippen LogP) is -2.85. The van der Waals surface area contributed by atoms with Gasteiger partial charge in [0.05, 0.1) is 0 Å². The molecule has 0 spiro atoms. The molecule has 0 aromatic rings. The molecule has 0 saturated carbocycles. The van der Waals surface area contributed by atoms with Crippen LogP contribution in [-0.4, -0.2) is 28.2 Å². The normalized spacial score (nSPS) is 7.50. The first-order valence-corrected chi connectivity index (χ1v) is 2.68. The average Bonchev–Trinajstić information content (AvgIpc) is 0.722.